The van der Waals surface area contributed by atoms with E-state index in [2.05, 4.69) is 187 Å². The highest BCUT2D eigenvalue weighted by molar-refractivity contribution is 8.39. The van der Waals surface area contributed by atoms with Crippen LogP contribution in [0.5, 0.6) is 0 Å². The molecule has 0 unspecified atom stereocenters. The lowest BCUT2D eigenvalue weighted by Gasteiger charge is -2.56. The maximum Gasteiger partial charge on any atom is 0.102 e. The van der Waals surface area contributed by atoms with E-state index in [1.165, 1.54) is 22.7 Å². The average molecular weight is 549 g/mol. The van der Waals surface area contributed by atoms with Crippen LogP contribution in [-0.4, -0.2) is 0 Å². The summed E-state index contributed by atoms with van der Waals surface area (Å²) in [5.74, 6) is 0. The van der Waals surface area contributed by atoms with E-state index in [0.29, 0.717) is 0 Å². The molecule has 8 rings (SSSR count). The second-order valence-electron chi connectivity index (χ2n) is 9.99. The number of nitrogens with zero attached hydrogens (tertiary/aromatic N) is 4. The van der Waals surface area contributed by atoms with Crippen LogP contribution in [0.1, 0.15) is 0 Å². The largest absolute Gasteiger partial charge is 0.252 e. The van der Waals surface area contributed by atoms with Crippen LogP contribution in [0.4, 0.5) is 45.5 Å². The van der Waals surface area contributed by atoms with Crippen molar-refractivity contribution in [3.63, 3.8) is 0 Å². The minimum Gasteiger partial charge on any atom is -0.252 e. The molecule has 4 nitrogen and oxygen atoms in total. The third-order valence-corrected chi connectivity index (χ3v) is 11.2. The van der Waals surface area contributed by atoms with Crippen molar-refractivity contribution >= 4 is 56.3 Å². The fraction of sp³-hybridized carbons (Fsp3) is 0. The standard InChI is InChI=1S/C36H28N4S/c1-5-17-29(18-6-1)37-33-25-13-14-26-34(33)38(30-19-7-2-8-20-30)41(37)39(31-21-9-3-10-22-31)35-27-15-16-28-36(35)40(41)32-23-11-4-12-24-32/h1-28H. The van der Waals surface area contributed by atoms with Gasteiger partial charge in [-0.05, 0) is 72.8 Å². The number of hydrogen-bond acceptors (Lipinski definition) is 4. The lowest BCUT2D eigenvalue weighted by atomic mass is 10.2. The molecule has 0 atom stereocenters. The first-order valence-electron chi connectivity index (χ1n) is 13.8. The maximum atomic E-state index is 2.58. The molecular formula is C36H28N4S. The van der Waals surface area contributed by atoms with Crippen molar-refractivity contribution in [3.05, 3.63) is 170 Å². The zero-order valence-electron chi connectivity index (χ0n) is 22.4. The Bertz CT molecular complexity index is 1540. The van der Waals surface area contributed by atoms with Crippen molar-refractivity contribution in [2.24, 2.45) is 0 Å². The maximum absolute atomic E-state index is 2.58. The molecule has 0 N–H and O–H groups in total. The summed E-state index contributed by atoms with van der Waals surface area (Å²) in [6.45, 7) is 0. The highest BCUT2D eigenvalue weighted by Crippen LogP contribution is 2.81. The second-order valence-corrected chi connectivity index (χ2v) is 12.4. The molecule has 0 aromatic heterocycles. The van der Waals surface area contributed by atoms with Crippen LogP contribution in [-0.2, 0) is 0 Å². The van der Waals surface area contributed by atoms with Gasteiger partial charge in [-0.1, -0.05) is 97.1 Å². The van der Waals surface area contributed by atoms with Crippen LogP contribution < -0.4 is 17.2 Å². The second kappa shape index (κ2) is 9.51. The van der Waals surface area contributed by atoms with Crippen LogP contribution in [0, 0.1) is 0 Å². The van der Waals surface area contributed by atoms with E-state index in [-0.39, 0.29) is 0 Å². The lowest BCUT2D eigenvalue weighted by Crippen LogP contribution is -2.45. The lowest BCUT2D eigenvalue weighted by molar-refractivity contribution is 1.33. The van der Waals surface area contributed by atoms with E-state index >= 15 is 0 Å². The topological polar surface area (TPSA) is 13.0 Å². The summed E-state index contributed by atoms with van der Waals surface area (Å²) in [5.41, 5.74) is 9.26. The summed E-state index contributed by atoms with van der Waals surface area (Å²) in [6.07, 6.45) is 0. The van der Waals surface area contributed by atoms with Gasteiger partial charge in [0.2, 0.25) is 0 Å². The van der Waals surface area contributed by atoms with Gasteiger partial charge in [0.1, 0.15) is 10.8 Å². The zero-order chi connectivity index (χ0) is 27.2. The Morgan fingerprint density at radius 2 is 0.439 bits per heavy atom. The van der Waals surface area contributed by atoms with E-state index in [9.17, 15) is 0 Å². The number of fused-ring (bicyclic) bond motifs is 2. The molecule has 6 aromatic carbocycles. The molecular weight excluding hydrogens is 520 g/mol. The first-order chi connectivity index (χ1) is 20.4. The van der Waals surface area contributed by atoms with E-state index in [1.54, 1.807) is 0 Å². The molecule has 2 heterocycles. The molecule has 5 heteroatoms. The molecule has 0 bridgehead atoms. The normalized spacial score (nSPS) is 15.6. The van der Waals surface area contributed by atoms with Crippen LogP contribution in [0.3, 0.4) is 0 Å². The average Bonchev–Trinajstić information content (AvgIpc) is 3.51. The van der Waals surface area contributed by atoms with Crippen molar-refractivity contribution in [2.75, 3.05) is 17.2 Å². The molecule has 41 heavy (non-hydrogen) atoms. The molecule has 0 saturated carbocycles. The van der Waals surface area contributed by atoms with Gasteiger partial charge >= 0.3 is 0 Å². The highest BCUT2D eigenvalue weighted by Gasteiger charge is 2.60. The Morgan fingerprint density at radius 1 is 0.244 bits per heavy atom. The number of rotatable bonds is 4. The van der Waals surface area contributed by atoms with Gasteiger partial charge in [-0.2, -0.15) is 0 Å². The van der Waals surface area contributed by atoms with Gasteiger partial charge in [-0.3, -0.25) is 17.2 Å². The third kappa shape index (κ3) is 3.43. The molecule has 2 aliphatic heterocycles. The van der Waals surface area contributed by atoms with Crippen molar-refractivity contribution in [2.45, 2.75) is 0 Å². The molecule has 1 spiro atoms. The van der Waals surface area contributed by atoms with Gasteiger partial charge in [0.15, 0.2) is 0 Å². The van der Waals surface area contributed by atoms with Crippen LogP contribution in [0.25, 0.3) is 0 Å². The summed E-state index contributed by atoms with van der Waals surface area (Å²) in [4.78, 5) is 0. The Labute approximate surface area is 242 Å². The predicted molar refractivity (Wildman–Crippen MR) is 175 cm³/mol. The summed E-state index contributed by atoms with van der Waals surface area (Å²) in [6, 6.07) is 61.0. The molecule has 0 aliphatic carbocycles. The summed E-state index contributed by atoms with van der Waals surface area (Å²) in [7, 11) is -2.29. The van der Waals surface area contributed by atoms with Gasteiger partial charge in [-0.25, -0.2) is 0 Å². The van der Waals surface area contributed by atoms with E-state index in [0.717, 1.165) is 22.7 Å². The number of anilines is 8. The van der Waals surface area contributed by atoms with Crippen LogP contribution in [0.2, 0.25) is 0 Å². The van der Waals surface area contributed by atoms with Gasteiger partial charge in [0, 0.05) is 0 Å². The van der Waals surface area contributed by atoms with Crippen LogP contribution >= 0.6 is 10.8 Å². The van der Waals surface area contributed by atoms with E-state index in [1.807, 2.05) is 0 Å². The van der Waals surface area contributed by atoms with Crippen molar-refractivity contribution in [3.8, 4) is 0 Å². The van der Waals surface area contributed by atoms with E-state index < -0.39 is 10.8 Å². The Morgan fingerprint density at radius 3 is 0.659 bits per heavy atom. The monoisotopic (exact) mass is 548 g/mol. The molecule has 0 amide bonds. The van der Waals surface area contributed by atoms with Gasteiger partial charge in [-0.15, -0.1) is 0 Å². The van der Waals surface area contributed by atoms with Crippen molar-refractivity contribution in [1.82, 2.24) is 0 Å². The van der Waals surface area contributed by atoms with Crippen molar-refractivity contribution in [1.29, 1.82) is 0 Å². The number of para-hydroxylation sites is 8. The minimum atomic E-state index is -2.29. The SMILES string of the molecule is c1ccc(N2c3ccccc3N(c3ccccc3)S23N(c2ccccc2)c2ccccc2N3c2ccccc2)cc1. The predicted octanol–water partition coefficient (Wildman–Crippen LogP) is 10.4. The summed E-state index contributed by atoms with van der Waals surface area (Å²) in [5, 5.41) is 0. The first kappa shape index (κ1) is 23.7. The molecule has 2 aliphatic rings. The summed E-state index contributed by atoms with van der Waals surface area (Å²) < 4.78 is 10.3. The highest BCUT2D eigenvalue weighted by atomic mass is 32.3. The quantitative estimate of drug-likeness (QED) is 0.217. The smallest absolute Gasteiger partial charge is 0.102 e. The fourth-order valence-electron chi connectivity index (χ4n) is 6.01. The van der Waals surface area contributed by atoms with Gasteiger partial charge in [0.05, 0.1) is 45.5 Å². The van der Waals surface area contributed by atoms with E-state index in [4.69, 9.17) is 0 Å². The Balaban J connectivity index is 1.57. The van der Waals surface area contributed by atoms with Gasteiger partial charge < -0.3 is 0 Å². The Hall–Kier alpha value is -5.13. The number of benzene rings is 6. The zero-order valence-corrected chi connectivity index (χ0v) is 23.2. The van der Waals surface area contributed by atoms with Crippen LogP contribution in [0.15, 0.2) is 170 Å². The number of hydrogen-bond donors (Lipinski definition) is 0. The molecule has 198 valence electrons. The molecule has 0 radical (unpaired) electrons. The first-order valence-corrected chi connectivity index (χ1v) is 15.3. The molecule has 0 fully saturated rings. The minimum absolute atomic E-state index is 1.14. The molecule has 0 saturated heterocycles. The Kier molecular flexibility index (Phi) is 5.50. The van der Waals surface area contributed by atoms with Gasteiger partial charge in [0.25, 0.3) is 0 Å². The summed E-state index contributed by atoms with van der Waals surface area (Å²) >= 11 is 0. The third-order valence-electron chi connectivity index (χ3n) is 7.58. The molecule has 6 aromatic rings. The van der Waals surface area contributed by atoms with Crippen molar-refractivity contribution < 1.29 is 0 Å². The fourth-order valence-corrected chi connectivity index (χ4v) is 10.3.